The van der Waals surface area contributed by atoms with Crippen LogP contribution in [0.15, 0.2) is 36.8 Å². The van der Waals surface area contributed by atoms with Gasteiger partial charge in [-0.15, -0.1) is 0 Å². The molecule has 0 aliphatic carbocycles. The molecule has 0 atom stereocenters. The van der Waals surface area contributed by atoms with Crippen LogP contribution in [0, 0.1) is 0 Å². The predicted octanol–water partition coefficient (Wildman–Crippen LogP) is 2.67. The lowest BCUT2D eigenvalue weighted by molar-refractivity contribution is 0.400. The molecule has 1 aromatic carbocycles. The summed E-state index contributed by atoms with van der Waals surface area (Å²) >= 11 is 0. The molecule has 0 radical (unpaired) electrons. The van der Waals surface area contributed by atoms with Gasteiger partial charge in [0.2, 0.25) is 5.65 Å². The highest BCUT2D eigenvalue weighted by Crippen LogP contribution is 2.28. The van der Waals surface area contributed by atoms with Gasteiger partial charge in [0.15, 0.2) is 0 Å². The molecule has 5 nitrogen and oxygen atoms in total. The summed E-state index contributed by atoms with van der Waals surface area (Å²) in [6.07, 6.45) is 6.09. The van der Waals surface area contributed by atoms with Gasteiger partial charge in [0, 0.05) is 18.0 Å². The highest BCUT2D eigenvalue weighted by Gasteiger charge is 2.11. The standard InChI is InChI=1S/C15H15N3O2/c1-3-10-8-11(4-5-13(10)19)12-9-17-14-15(20-2)16-6-7-18(12)14/h4-9,19H,3H2,1-2H3. The Morgan fingerprint density at radius 1 is 1.30 bits per heavy atom. The largest absolute Gasteiger partial charge is 0.508 e. The van der Waals surface area contributed by atoms with Gasteiger partial charge in [0.05, 0.1) is 19.0 Å². The van der Waals surface area contributed by atoms with Gasteiger partial charge >= 0.3 is 0 Å². The first-order valence-corrected chi connectivity index (χ1v) is 6.43. The second-order valence-electron chi connectivity index (χ2n) is 4.47. The van der Waals surface area contributed by atoms with Gasteiger partial charge in [0.25, 0.3) is 5.88 Å². The molecule has 0 fully saturated rings. The maximum atomic E-state index is 9.78. The van der Waals surface area contributed by atoms with E-state index in [1.165, 1.54) is 0 Å². The first-order chi connectivity index (χ1) is 9.74. The summed E-state index contributed by atoms with van der Waals surface area (Å²) in [7, 11) is 1.58. The van der Waals surface area contributed by atoms with Crippen molar-refractivity contribution in [1.82, 2.24) is 14.4 Å². The number of phenols is 1. The third-order valence-electron chi connectivity index (χ3n) is 3.35. The van der Waals surface area contributed by atoms with Crippen molar-refractivity contribution in [2.75, 3.05) is 7.11 Å². The number of methoxy groups -OCH3 is 1. The van der Waals surface area contributed by atoms with Crippen molar-refractivity contribution >= 4 is 5.65 Å². The number of imidazole rings is 1. The minimum absolute atomic E-state index is 0.323. The summed E-state index contributed by atoms with van der Waals surface area (Å²) in [6.45, 7) is 2.01. The van der Waals surface area contributed by atoms with Gasteiger partial charge < -0.3 is 9.84 Å². The molecular weight excluding hydrogens is 254 g/mol. The molecule has 0 bridgehead atoms. The van der Waals surface area contributed by atoms with Crippen LogP contribution >= 0.6 is 0 Å². The van der Waals surface area contributed by atoms with Crippen molar-refractivity contribution < 1.29 is 9.84 Å². The van der Waals surface area contributed by atoms with E-state index in [2.05, 4.69) is 9.97 Å². The average molecular weight is 269 g/mol. The van der Waals surface area contributed by atoms with Gasteiger partial charge in [-0.25, -0.2) is 9.97 Å². The van der Waals surface area contributed by atoms with Crippen molar-refractivity contribution in [2.45, 2.75) is 13.3 Å². The molecule has 2 aromatic heterocycles. The Bertz CT molecular complexity index is 765. The number of ether oxygens (including phenoxy) is 1. The summed E-state index contributed by atoms with van der Waals surface area (Å²) in [4.78, 5) is 8.49. The summed E-state index contributed by atoms with van der Waals surface area (Å²) < 4.78 is 7.13. The fourth-order valence-electron chi connectivity index (χ4n) is 2.28. The minimum atomic E-state index is 0.323. The second kappa shape index (κ2) is 4.85. The Hall–Kier alpha value is -2.56. The maximum Gasteiger partial charge on any atom is 0.258 e. The summed E-state index contributed by atoms with van der Waals surface area (Å²) in [5.74, 6) is 0.817. The molecule has 20 heavy (non-hydrogen) atoms. The Morgan fingerprint density at radius 2 is 2.15 bits per heavy atom. The van der Waals surface area contributed by atoms with Gasteiger partial charge in [-0.2, -0.15) is 0 Å². The fraction of sp³-hybridized carbons (Fsp3) is 0.200. The number of aryl methyl sites for hydroxylation is 1. The van der Waals surface area contributed by atoms with E-state index >= 15 is 0 Å². The van der Waals surface area contributed by atoms with E-state index in [0.29, 0.717) is 17.3 Å². The molecule has 1 N–H and O–H groups in total. The van der Waals surface area contributed by atoms with E-state index in [1.807, 2.05) is 29.7 Å². The maximum absolute atomic E-state index is 9.78. The lowest BCUT2D eigenvalue weighted by atomic mass is 10.1. The van der Waals surface area contributed by atoms with Gasteiger partial charge in [-0.1, -0.05) is 6.92 Å². The average Bonchev–Trinajstić information content (AvgIpc) is 2.91. The Labute approximate surface area is 116 Å². The SMILES string of the molecule is CCc1cc(-c2cnc3c(OC)nccn23)ccc1O. The molecule has 5 heteroatoms. The van der Waals surface area contributed by atoms with E-state index in [-0.39, 0.29) is 0 Å². The fourth-order valence-corrected chi connectivity index (χ4v) is 2.28. The predicted molar refractivity (Wildman–Crippen MR) is 76.0 cm³/mol. The molecule has 0 amide bonds. The van der Waals surface area contributed by atoms with Crippen molar-refractivity contribution in [3.05, 3.63) is 42.4 Å². The summed E-state index contributed by atoms with van der Waals surface area (Å²) in [6, 6.07) is 5.57. The number of rotatable bonds is 3. The smallest absolute Gasteiger partial charge is 0.258 e. The van der Waals surface area contributed by atoms with Crippen LogP contribution in [0.3, 0.4) is 0 Å². The van der Waals surface area contributed by atoms with Crippen LogP contribution in [-0.4, -0.2) is 26.6 Å². The zero-order valence-electron chi connectivity index (χ0n) is 11.4. The highest BCUT2D eigenvalue weighted by molar-refractivity contribution is 5.67. The Morgan fingerprint density at radius 3 is 2.90 bits per heavy atom. The molecule has 2 heterocycles. The molecule has 3 aromatic rings. The number of phenolic OH excluding ortho intramolecular Hbond substituents is 1. The van der Waals surface area contributed by atoms with Gasteiger partial charge in [-0.3, -0.25) is 4.40 Å². The van der Waals surface area contributed by atoms with E-state index < -0.39 is 0 Å². The van der Waals surface area contributed by atoms with E-state index in [4.69, 9.17) is 4.74 Å². The Balaban J connectivity index is 2.20. The second-order valence-corrected chi connectivity index (χ2v) is 4.47. The normalized spacial score (nSPS) is 10.9. The zero-order chi connectivity index (χ0) is 14.1. The zero-order valence-corrected chi connectivity index (χ0v) is 11.4. The van der Waals surface area contributed by atoms with Crippen molar-refractivity contribution in [1.29, 1.82) is 0 Å². The van der Waals surface area contributed by atoms with Crippen LogP contribution < -0.4 is 4.74 Å². The molecule has 3 rings (SSSR count). The Kier molecular flexibility index (Phi) is 3.02. The molecule has 0 saturated carbocycles. The van der Waals surface area contributed by atoms with Gasteiger partial charge in [-0.05, 0) is 30.2 Å². The summed E-state index contributed by atoms with van der Waals surface area (Å²) in [5, 5.41) is 9.78. The monoisotopic (exact) mass is 269 g/mol. The molecule has 102 valence electrons. The van der Waals surface area contributed by atoms with Crippen LogP contribution in [0.25, 0.3) is 16.9 Å². The molecule has 0 saturated heterocycles. The lowest BCUT2D eigenvalue weighted by Gasteiger charge is -2.07. The first kappa shape index (κ1) is 12.5. The van der Waals surface area contributed by atoms with Gasteiger partial charge in [0.1, 0.15) is 5.75 Å². The summed E-state index contributed by atoms with van der Waals surface area (Å²) in [5.41, 5.74) is 3.53. The van der Waals surface area contributed by atoms with Crippen LogP contribution in [0.2, 0.25) is 0 Å². The third-order valence-corrected chi connectivity index (χ3v) is 3.35. The highest BCUT2D eigenvalue weighted by atomic mass is 16.5. The molecule has 0 spiro atoms. The van der Waals surface area contributed by atoms with E-state index in [9.17, 15) is 5.11 Å². The lowest BCUT2D eigenvalue weighted by Crippen LogP contribution is -1.95. The number of aromatic nitrogens is 3. The van der Waals surface area contributed by atoms with Crippen LogP contribution in [-0.2, 0) is 6.42 Å². The molecule has 0 unspecified atom stereocenters. The quantitative estimate of drug-likeness (QED) is 0.794. The number of benzene rings is 1. The number of aromatic hydroxyl groups is 1. The molecular formula is C15H15N3O2. The number of hydrogen-bond donors (Lipinski definition) is 1. The molecule has 0 aliphatic rings. The van der Waals surface area contributed by atoms with E-state index in [1.54, 1.807) is 25.6 Å². The van der Waals surface area contributed by atoms with Crippen molar-refractivity contribution in [3.8, 4) is 22.9 Å². The topological polar surface area (TPSA) is 59.7 Å². The van der Waals surface area contributed by atoms with Crippen LogP contribution in [0.4, 0.5) is 0 Å². The van der Waals surface area contributed by atoms with Crippen molar-refractivity contribution in [3.63, 3.8) is 0 Å². The van der Waals surface area contributed by atoms with Crippen LogP contribution in [0.1, 0.15) is 12.5 Å². The number of nitrogens with zero attached hydrogens (tertiary/aromatic N) is 3. The number of hydrogen-bond acceptors (Lipinski definition) is 4. The van der Waals surface area contributed by atoms with Crippen molar-refractivity contribution in [2.24, 2.45) is 0 Å². The number of fused-ring (bicyclic) bond motifs is 1. The third kappa shape index (κ3) is 1.87. The van der Waals surface area contributed by atoms with Crippen LogP contribution in [0.5, 0.6) is 11.6 Å². The first-order valence-electron chi connectivity index (χ1n) is 6.43. The van der Waals surface area contributed by atoms with E-state index in [0.717, 1.165) is 23.2 Å². The molecule has 0 aliphatic heterocycles. The minimum Gasteiger partial charge on any atom is -0.508 e.